The number of carbonyl (C=O) groups excluding carboxylic acids is 3. The van der Waals surface area contributed by atoms with Gasteiger partial charge in [0, 0.05) is 23.6 Å². The van der Waals surface area contributed by atoms with Crippen LogP contribution in [-0.4, -0.2) is 41.0 Å². The fourth-order valence-corrected chi connectivity index (χ4v) is 3.24. The molecule has 1 aromatic heterocycles. The Balaban J connectivity index is 2.02. The molecule has 7 heteroatoms. The molecule has 0 atom stereocenters. The molecule has 0 aliphatic carbocycles. The van der Waals surface area contributed by atoms with E-state index in [0.29, 0.717) is 12.1 Å². The molecule has 0 saturated carbocycles. The van der Waals surface area contributed by atoms with Crippen LogP contribution in [0.5, 0.6) is 0 Å². The highest BCUT2D eigenvalue weighted by molar-refractivity contribution is 6.14. The number of aryl methyl sites for hydroxylation is 1. The van der Waals surface area contributed by atoms with E-state index in [4.69, 9.17) is 4.74 Å². The van der Waals surface area contributed by atoms with Crippen LogP contribution in [0.25, 0.3) is 11.8 Å². The summed E-state index contributed by atoms with van der Waals surface area (Å²) in [5.41, 5.74) is 4.17. The molecule has 1 aromatic carbocycles. The summed E-state index contributed by atoms with van der Waals surface area (Å²) < 4.78 is 6.77. The van der Waals surface area contributed by atoms with Gasteiger partial charge in [-0.2, -0.15) is 0 Å². The van der Waals surface area contributed by atoms with Gasteiger partial charge in [0.15, 0.2) is 0 Å². The van der Waals surface area contributed by atoms with E-state index >= 15 is 0 Å². The average molecular weight is 367 g/mol. The summed E-state index contributed by atoms with van der Waals surface area (Å²) in [6, 6.07) is 8.65. The molecule has 0 radical (unpaired) electrons. The number of nitrogens with zero attached hydrogens (tertiary/aromatic N) is 2. The van der Waals surface area contributed by atoms with E-state index in [-0.39, 0.29) is 11.6 Å². The predicted octanol–water partition coefficient (Wildman–Crippen LogP) is 2.79. The number of nitrogens with one attached hydrogen (secondary N) is 1. The van der Waals surface area contributed by atoms with Crippen LogP contribution in [0.2, 0.25) is 0 Å². The fourth-order valence-electron chi connectivity index (χ4n) is 3.24. The van der Waals surface area contributed by atoms with Crippen molar-refractivity contribution in [2.24, 2.45) is 0 Å². The monoisotopic (exact) mass is 367 g/mol. The van der Waals surface area contributed by atoms with Crippen LogP contribution in [0.4, 0.5) is 4.79 Å². The summed E-state index contributed by atoms with van der Waals surface area (Å²) in [4.78, 5) is 37.1. The fraction of sp³-hybridized carbons (Fsp3) is 0.250. The third kappa shape index (κ3) is 3.23. The van der Waals surface area contributed by atoms with Crippen LogP contribution in [0.15, 0.2) is 36.0 Å². The van der Waals surface area contributed by atoms with Crippen molar-refractivity contribution in [3.05, 3.63) is 58.5 Å². The number of imide groups is 1. The van der Waals surface area contributed by atoms with Gasteiger partial charge in [0.2, 0.25) is 0 Å². The van der Waals surface area contributed by atoms with E-state index in [1.807, 2.05) is 30.5 Å². The van der Waals surface area contributed by atoms with E-state index in [1.165, 1.54) is 7.11 Å². The molecule has 1 fully saturated rings. The highest BCUT2D eigenvalue weighted by atomic mass is 16.5. The lowest BCUT2D eigenvalue weighted by Gasteiger charge is -2.11. The number of methoxy groups -OCH3 is 1. The number of urea groups is 1. The third-order valence-corrected chi connectivity index (χ3v) is 4.57. The maximum Gasteiger partial charge on any atom is 0.337 e. The van der Waals surface area contributed by atoms with Crippen LogP contribution in [0, 0.1) is 13.8 Å². The second-order valence-electron chi connectivity index (χ2n) is 6.24. The first kappa shape index (κ1) is 18.4. The number of likely N-dealkylation sites (N-methyl/N-ethyl adjacent to an activating group) is 1. The van der Waals surface area contributed by atoms with Crippen molar-refractivity contribution in [1.82, 2.24) is 14.8 Å². The van der Waals surface area contributed by atoms with E-state index in [0.717, 1.165) is 27.5 Å². The van der Waals surface area contributed by atoms with E-state index < -0.39 is 12.0 Å². The first-order valence-corrected chi connectivity index (χ1v) is 8.59. The molecular formula is C20H21N3O4. The molecule has 2 heterocycles. The summed E-state index contributed by atoms with van der Waals surface area (Å²) in [7, 11) is 1.35. The standard InChI is InChI=1S/C20H21N3O4/c1-5-22-18(24)17(21-20(22)26)11-15-9-12(2)23(13(15)3)16-8-6-7-14(10-16)19(25)27-4/h6-11H,5H2,1-4H3,(H,21,26)/b17-11+. The quantitative estimate of drug-likeness (QED) is 0.512. The van der Waals surface area contributed by atoms with Crippen molar-refractivity contribution in [3.8, 4) is 5.69 Å². The predicted molar refractivity (Wildman–Crippen MR) is 100 cm³/mol. The van der Waals surface area contributed by atoms with Crippen molar-refractivity contribution in [2.45, 2.75) is 20.8 Å². The van der Waals surface area contributed by atoms with Crippen LogP contribution >= 0.6 is 0 Å². The first-order valence-electron chi connectivity index (χ1n) is 8.59. The Hall–Kier alpha value is -3.35. The molecule has 2 aromatic rings. The zero-order valence-corrected chi connectivity index (χ0v) is 15.7. The number of carbonyl (C=O) groups is 3. The molecular weight excluding hydrogens is 346 g/mol. The van der Waals surface area contributed by atoms with Gasteiger partial charge >= 0.3 is 12.0 Å². The lowest BCUT2D eigenvalue weighted by atomic mass is 10.2. The molecule has 140 valence electrons. The summed E-state index contributed by atoms with van der Waals surface area (Å²) >= 11 is 0. The van der Waals surface area contributed by atoms with Crippen molar-refractivity contribution < 1.29 is 19.1 Å². The zero-order valence-electron chi connectivity index (χ0n) is 15.7. The highest BCUT2D eigenvalue weighted by Crippen LogP contribution is 2.24. The number of hydrogen-bond donors (Lipinski definition) is 1. The molecule has 0 bridgehead atoms. The van der Waals surface area contributed by atoms with Gasteiger partial charge in [-0.3, -0.25) is 9.69 Å². The Morgan fingerprint density at radius 3 is 2.59 bits per heavy atom. The number of ether oxygens (including phenoxy) is 1. The topological polar surface area (TPSA) is 80.6 Å². The van der Waals surface area contributed by atoms with Gasteiger partial charge in [0.25, 0.3) is 5.91 Å². The molecule has 27 heavy (non-hydrogen) atoms. The average Bonchev–Trinajstić information content (AvgIpc) is 3.09. The Bertz CT molecular complexity index is 972. The molecule has 0 spiro atoms. The number of benzene rings is 1. The van der Waals surface area contributed by atoms with Gasteiger partial charge in [-0.1, -0.05) is 6.07 Å². The van der Waals surface area contributed by atoms with Gasteiger partial charge in [-0.15, -0.1) is 0 Å². The summed E-state index contributed by atoms with van der Waals surface area (Å²) in [5, 5.41) is 2.61. The third-order valence-electron chi connectivity index (χ3n) is 4.57. The SMILES string of the molecule is CCN1C(=O)N/C(=C/c2cc(C)n(-c3cccc(C(=O)OC)c3)c2C)C1=O. The Morgan fingerprint density at radius 2 is 1.96 bits per heavy atom. The summed E-state index contributed by atoms with van der Waals surface area (Å²) in [6.07, 6.45) is 1.68. The van der Waals surface area contributed by atoms with Gasteiger partial charge < -0.3 is 14.6 Å². The highest BCUT2D eigenvalue weighted by Gasteiger charge is 2.32. The van der Waals surface area contributed by atoms with Crippen molar-refractivity contribution in [3.63, 3.8) is 0 Å². The minimum atomic E-state index is -0.409. The maximum absolute atomic E-state index is 12.3. The lowest BCUT2D eigenvalue weighted by Crippen LogP contribution is -2.30. The molecule has 1 saturated heterocycles. The van der Waals surface area contributed by atoms with Crippen molar-refractivity contribution in [1.29, 1.82) is 0 Å². The maximum atomic E-state index is 12.3. The van der Waals surface area contributed by atoms with E-state index in [9.17, 15) is 14.4 Å². The molecule has 3 amide bonds. The van der Waals surface area contributed by atoms with Crippen LogP contribution < -0.4 is 5.32 Å². The summed E-state index contributed by atoms with van der Waals surface area (Å²) in [6.45, 7) is 5.93. The summed E-state index contributed by atoms with van der Waals surface area (Å²) in [5.74, 6) is -0.736. The van der Waals surface area contributed by atoms with E-state index in [1.54, 1.807) is 31.2 Å². The zero-order chi connectivity index (χ0) is 19.7. The Morgan fingerprint density at radius 1 is 1.22 bits per heavy atom. The van der Waals surface area contributed by atoms with Gasteiger partial charge in [-0.05, 0) is 56.7 Å². The van der Waals surface area contributed by atoms with Crippen LogP contribution in [0.1, 0.15) is 34.2 Å². The smallest absolute Gasteiger partial charge is 0.337 e. The molecule has 7 nitrogen and oxygen atoms in total. The van der Waals surface area contributed by atoms with Crippen molar-refractivity contribution in [2.75, 3.05) is 13.7 Å². The number of rotatable bonds is 4. The van der Waals surface area contributed by atoms with Crippen LogP contribution in [-0.2, 0) is 9.53 Å². The van der Waals surface area contributed by atoms with Crippen LogP contribution in [0.3, 0.4) is 0 Å². The van der Waals surface area contributed by atoms with Crippen molar-refractivity contribution >= 4 is 24.0 Å². The number of amides is 3. The number of aromatic nitrogens is 1. The number of hydrogen-bond acceptors (Lipinski definition) is 4. The van der Waals surface area contributed by atoms with Gasteiger partial charge in [0.05, 0.1) is 12.7 Å². The van der Waals surface area contributed by atoms with Gasteiger partial charge in [-0.25, -0.2) is 9.59 Å². The lowest BCUT2D eigenvalue weighted by molar-refractivity contribution is -0.122. The number of esters is 1. The Labute approximate surface area is 157 Å². The largest absolute Gasteiger partial charge is 0.465 e. The molecule has 1 aliphatic heterocycles. The molecule has 0 unspecified atom stereocenters. The Kier molecular flexibility index (Phi) is 4.85. The van der Waals surface area contributed by atoms with Gasteiger partial charge in [0.1, 0.15) is 5.70 Å². The molecule has 1 aliphatic rings. The minimum Gasteiger partial charge on any atom is -0.465 e. The molecule has 1 N–H and O–H groups in total. The van der Waals surface area contributed by atoms with E-state index in [2.05, 4.69) is 5.32 Å². The molecule has 3 rings (SSSR count). The second-order valence-corrected chi connectivity index (χ2v) is 6.24. The normalized spacial score (nSPS) is 15.4. The second kappa shape index (κ2) is 7.11. The minimum absolute atomic E-state index is 0.255. The first-order chi connectivity index (χ1) is 12.9.